The molecule has 10 heteroatoms. The molecule has 1 atom stereocenters. The van der Waals surface area contributed by atoms with Crippen LogP contribution in [0.15, 0.2) is 36.4 Å². The first-order valence-corrected chi connectivity index (χ1v) is 11.4. The molecule has 2 aromatic rings. The summed E-state index contributed by atoms with van der Waals surface area (Å²) in [6, 6.07) is 9.53. The molecule has 2 amide bonds. The van der Waals surface area contributed by atoms with Crippen molar-refractivity contribution in [2.45, 2.75) is 59.5 Å². The fourth-order valence-corrected chi connectivity index (χ4v) is 3.66. The van der Waals surface area contributed by atoms with Crippen LogP contribution in [-0.4, -0.2) is 35.8 Å². The van der Waals surface area contributed by atoms with Gasteiger partial charge in [-0.15, -0.1) is 0 Å². The van der Waals surface area contributed by atoms with E-state index in [0.29, 0.717) is 5.69 Å². The number of para-hydroxylation sites is 1. The van der Waals surface area contributed by atoms with Crippen LogP contribution < -0.4 is 20.1 Å². The van der Waals surface area contributed by atoms with Crippen LogP contribution in [0.3, 0.4) is 0 Å². The summed E-state index contributed by atoms with van der Waals surface area (Å²) < 4.78 is 34.3. The van der Waals surface area contributed by atoms with Gasteiger partial charge in [0, 0.05) is 11.8 Å². The Morgan fingerprint density at radius 2 is 1.69 bits per heavy atom. The molecule has 0 unspecified atom stereocenters. The van der Waals surface area contributed by atoms with E-state index >= 15 is 0 Å². The molecular formula is C25H33F2N3O5. The van der Waals surface area contributed by atoms with Crippen molar-refractivity contribution in [3.8, 4) is 11.8 Å². The third kappa shape index (κ3) is 7.80. The number of benzene rings is 1. The number of aromatic nitrogens is 1. The lowest BCUT2D eigenvalue weighted by atomic mass is 9.63. The summed E-state index contributed by atoms with van der Waals surface area (Å²) >= 11 is 0. The lowest BCUT2D eigenvalue weighted by Crippen LogP contribution is -2.37. The smallest absolute Gasteiger partial charge is 0.388 e. The molecule has 0 saturated heterocycles. The Hall–Kier alpha value is -3.43. The number of alkyl halides is 2. The number of ether oxygens (including phenoxy) is 2. The summed E-state index contributed by atoms with van der Waals surface area (Å²) in [5.41, 5.74) is 1.69. The molecule has 8 nitrogen and oxygen atoms in total. The summed E-state index contributed by atoms with van der Waals surface area (Å²) in [5.74, 6) is -0.950. The van der Waals surface area contributed by atoms with Crippen LogP contribution in [0.4, 0.5) is 25.0 Å². The van der Waals surface area contributed by atoms with E-state index < -0.39 is 24.5 Å². The highest BCUT2D eigenvalue weighted by atomic mass is 19.3. The zero-order valence-corrected chi connectivity index (χ0v) is 20.6. The Balaban J connectivity index is 0.000000360. The number of rotatable bonds is 8. The Bertz CT molecular complexity index is 1010. The maximum absolute atomic E-state index is 12.5. The van der Waals surface area contributed by atoms with E-state index in [1.54, 1.807) is 12.1 Å². The number of nitrogens with zero attached hydrogens (tertiary/aromatic N) is 1. The molecule has 0 radical (unpaired) electrons. The average molecular weight is 494 g/mol. The summed E-state index contributed by atoms with van der Waals surface area (Å²) in [5, 5.41) is 13.8. The molecule has 0 aliphatic heterocycles. The number of carboxylic acid groups (broad SMARTS) is 1. The second-order valence-corrected chi connectivity index (χ2v) is 8.97. The Morgan fingerprint density at radius 3 is 2.17 bits per heavy atom. The highest BCUT2D eigenvalue weighted by Gasteiger charge is 2.40. The number of aliphatic carboxylic acids is 1. The van der Waals surface area contributed by atoms with Crippen LogP contribution in [0.25, 0.3) is 0 Å². The van der Waals surface area contributed by atoms with E-state index in [1.165, 1.54) is 25.7 Å². The highest BCUT2D eigenvalue weighted by Crippen LogP contribution is 2.46. The molecule has 35 heavy (non-hydrogen) atoms. The van der Waals surface area contributed by atoms with Crippen LogP contribution in [0.2, 0.25) is 0 Å². The number of urea groups is 1. The number of methoxy groups -OCH3 is 1. The normalized spacial score (nSPS) is 14.8. The fourth-order valence-electron chi connectivity index (χ4n) is 3.66. The van der Waals surface area contributed by atoms with Crippen molar-refractivity contribution in [3.63, 3.8) is 0 Å². The molecule has 1 aliphatic carbocycles. The van der Waals surface area contributed by atoms with Crippen molar-refractivity contribution in [1.82, 2.24) is 4.98 Å². The van der Waals surface area contributed by atoms with Gasteiger partial charge in [0.25, 0.3) is 0 Å². The van der Waals surface area contributed by atoms with Gasteiger partial charge < -0.3 is 25.2 Å². The molecule has 1 heterocycles. The first-order valence-electron chi connectivity index (χ1n) is 11.4. The van der Waals surface area contributed by atoms with Gasteiger partial charge in [0.1, 0.15) is 5.69 Å². The van der Waals surface area contributed by atoms with Gasteiger partial charge in [0.15, 0.2) is 0 Å². The van der Waals surface area contributed by atoms with Crippen molar-refractivity contribution in [1.29, 1.82) is 0 Å². The van der Waals surface area contributed by atoms with Gasteiger partial charge in [0.05, 0.1) is 13.0 Å². The topological polar surface area (TPSA) is 110 Å². The number of carbonyl (C=O) groups excluding carboxylic acids is 1. The predicted octanol–water partition coefficient (Wildman–Crippen LogP) is 6.36. The van der Waals surface area contributed by atoms with Gasteiger partial charge >= 0.3 is 18.6 Å². The number of halogens is 2. The number of carboxylic acids is 1. The monoisotopic (exact) mass is 493 g/mol. The number of amides is 2. The summed E-state index contributed by atoms with van der Waals surface area (Å²) in [6.45, 7) is 4.79. The predicted molar refractivity (Wildman–Crippen MR) is 129 cm³/mol. The maximum Gasteiger partial charge on any atom is 0.388 e. The van der Waals surface area contributed by atoms with E-state index in [1.807, 2.05) is 32.9 Å². The third-order valence-electron chi connectivity index (χ3n) is 6.24. The molecule has 1 fully saturated rings. The molecular weight excluding hydrogens is 460 g/mol. The van der Waals surface area contributed by atoms with Crippen molar-refractivity contribution in [3.05, 3.63) is 42.0 Å². The molecule has 0 bridgehead atoms. The molecule has 1 aliphatic rings. The number of anilines is 2. The van der Waals surface area contributed by atoms with Gasteiger partial charge in [0.2, 0.25) is 11.8 Å². The number of hydrogen-bond acceptors (Lipinski definition) is 5. The van der Waals surface area contributed by atoms with E-state index in [-0.39, 0.29) is 28.8 Å². The first kappa shape index (κ1) is 27.8. The molecule has 1 aromatic heterocycles. The van der Waals surface area contributed by atoms with E-state index in [4.69, 9.17) is 9.84 Å². The highest BCUT2D eigenvalue weighted by molar-refractivity contribution is 6.01. The Kier molecular flexibility index (Phi) is 9.79. The third-order valence-corrected chi connectivity index (χ3v) is 6.24. The second-order valence-electron chi connectivity index (χ2n) is 8.97. The zero-order valence-electron chi connectivity index (χ0n) is 20.6. The van der Waals surface area contributed by atoms with Crippen LogP contribution in [-0.2, 0) is 4.79 Å². The molecule has 1 aromatic carbocycles. The molecule has 3 N–H and O–H groups in total. The van der Waals surface area contributed by atoms with Crippen LogP contribution in [0, 0.1) is 11.3 Å². The molecule has 192 valence electrons. The number of nitrogens with one attached hydrogen (secondary N) is 2. The van der Waals surface area contributed by atoms with Gasteiger partial charge in [-0.25, -0.2) is 4.79 Å². The van der Waals surface area contributed by atoms with Crippen molar-refractivity contribution in [2.24, 2.45) is 11.3 Å². The van der Waals surface area contributed by atoms with Crippen LogP contribution in [0.5, 0.6) is 11.8 Å². The lowest BCUT2D eigenvalue weighted by molar-refractivity contribution is -0.147. The van der Waals surface area contributed by atoms with E-state index in [2.05, 4.69) is 27.3 Å². The first-order chi connectivity index (χ1) is 16.5. The van der Waals surface area contributed by atoms with E-state index in [9.17, 15) is 18.4 Å². The van der Waals surface area contributed by atoms with E-state index in [0.717, 1.165) is 18.4 Å². The zero-order chi connectivity index (χ0) is 26.2. The van der Waals surface area contributed by atoms with Gasteiger partial charge in [-0.2, -0.15) is 13.8 Å². The summed E-state index contributed by atoms with van der Waals surface area (Å²) in [7, 11) is 1.34. The standard InChI is InChI=1S/C17H19F2N3O3.C8H14O2/c1-10(2)11-6-4-5-7-12(11)20-17(23)21-13-8-9-14(24-3)22-15(13)25-16(18)19;1-6(7(9)10)8(2)4-3-5-8/h4-10,16H,1-3H3,(H2,20,21,23);6H,3-5H2,1-2H3,(H,9,10)/t;6-/m.1/s1. The molecule has 3 rings (SSSR count). The lowest BCUT2D eigenvalue weighted by Gasteiger charge is -2.41. The van der Waals surface area contributed by atoms with Crippen molar-refractivity contribution < 1.29 is 33.0 Å². The van der Waals surface area contributed by atoms with Gasteiger partial charge in [-0.05, 0) is 41.9 Å². The Morgan fingerprint density at radius 1 is 1.06 bits per heavy atom. The Labute approximate surface area is 204 Å². The van der Waals surface area contributed by atoms with Crippen LogP contribution >= 0.6 is 0 Å². The fraction of sp³-hybridized carbons (Fsp3) is 0.480. The van der Waals surface area contributed by atoms with Gasteiger partial charge in [-0.1, -0.05) is 52.3 Å². The number of carbonyl (C=O) groups is 2. The largest absolute Gasteiger partial charge is 0.481 e. The molecule has 0 spiro atoms. The van der Waals surface area contributed by atoms with Gasteiger partial charge in [-0.3, -0.25) is 4.79 Å². The average Bonchev–Trinajstić information content (AvgIpc) is 2.78. The maximum atomic E-state index is 12.5. The number of pyridine rings is 1. The minimum absolute atomic E-state index is 0.000582. The minimum atomic E-state index is -3.08. The SMILES string of the molecule is COc1ccc(NC(=O)Nc2ccccc2C(C)C)c(OC(F)F)n1.C[C@H](C(=O)O)C1(C)CCC1. The molecule has 1 saturated carbocycles. The summed E-state index contributed by atoms with van der Waals surface area (Å²) in [4.78, 5) is 26.5. The minimum Gasteiger partial charge on any atom is -0.481 e. The summed E-state index contributed by atoms with van der Waals surface area (Å²) in [6.07, 6.45) is 3.37. The van der Waals surface area contributed by atoms with Crippen molar-refractivity contribution in [2.75, 3.05) is 17.7 Å². The quantitative estimate of drug-likeness (QED) is 0.395. The van der Waals surface area contributed by atoms with Crippen molar-refractivity contribution >= 4 is 23.4 Å². The number of hydrogen-bond donors (Lipinski definition) is 3. The second kappa shape index (κ2) is 12.3. The van der Waals surface area contributed by atoms with Crippen LogP contribution in [0.1, 0.15) is 58.4 Å².